The third-order valence-electron chi connectivity index (χ3n) is 3.94. The van der Waals surface area contributed by atoms with Gasteiger partial charge in [0.15, 0.2) is 0 Å². The van der Waals surface area contributed by atoms with Crippen LogP contribution in [0, 0.1) is 13.8 Å². The van der Waals surface area contributed by atoms with Crippen molar-refractivity contribution in [1.82, 2.24) is 4.98 Å². The van der Waals surface area contributed by atoms with Crippen molar-refractivity contribution in [3.63, 3.8) is 0 Å². The molecule has 3 aromatic rings. The number of nitrogens with one attached hydrogen (secondary N) is 1. The summed E-state index contributed by atoms with van der Waals surface area (Å²) < 4.78 is 39.2. The lowest BCUT2D eigenvalue weighted by Crippen LogP contribution is -2.14. The number of hydrogen-bond acceptors (Lipinski definition) is 6. The van der Waals surface area contributed by atoms with Crippen molar-refractivity contribution < 1.29 is 17.9 Å². The van der Waals surface area contributed by atoms with Gasteiger partial charge in [0.1, 0.15) is 18.1 Å². The topological polar surface area (TPSA) is 77.5 Å². The van der Waals surface area contributed by atoms with Crippen LogP contribution in [0.2, 0.25) is 0 Å². The Kier molecular flexibility index (Phi) is 5.67. The molecule has 2 aromatic carbocycles. The van der Waals surface area contributed by atoms with E-state index in [1.165, 1.54) is 11.3 Å². The Morgan fingerprint density at radius 1 is 1.15 bits per heavy atom. The minimum Gasteiger partial charge on any atom is -0.496 e. The second kappa shape index (κ2) is 7.98. The second-order valence-corrected chi connectivity index (χ2v) is 8.36. The summed E-state index contributed by atoms with van der Waals surface area (Å²) in [6.45, 7) is 3.88. The van der Waals surface area contributed by atoms with Gasteiger partial charge in [-0.15, -0.1) is 11.3 Å². The number of nitrogens with zero attached hydrogens (tertiary/aromatic N) is 1. The highest BCUT2D eigenvalue weighted by molar-refractivity contribution is 7.92. The Labute approximate surface area is 162 Å². The van der Waals surface area contributed by atoms with Crippen LogP contribution in [0.15, 0.2) is 52.2 Å². The van der Waals surface area contributed by atoms with Crippen LogP contribution in [0.4, 0.5) is 5.69 Å². The molecule has 1 aromatic heterocycles. The van der Waals surface area contributed by atoms with Crippen LogP contribution < -0.4 is 14.2 Å². The van der Waals surface area contributed by atoms with Gasteiger partial charge in [0.2, 0.25) is 0 Å². The molecule has 6 nitrogen and oxygen atoms in total. The first kappa shape index (κ1) is 19.2. The van der Waals surface area contributed by atoms with Gasteiger partial charge in [-0.1, -0.05) is 6.07 Å². The molecule has 0 aliphatic heterocycles. The molecular weight excluding hydrogens is 384 g/mol. The molecule has 142 valence electrons. The van der Waals surface area contributed by atoms with E-state index in [1.807, 2.05) is 12.3 Å². The van der Waals surface area contributed by atoms with Crippen molar-refractivity contribution in [3.05, 3.63) is 64.1 Å². The molecule has 0 amide bonds. The second-order valence-electron chi connectivity index (χ2n) is 5.99. The van der Waals surface area contributed by atoms with E-state index in [2.05, 4.69) is 9.71 Å². The van der Waals surface area contributed by atoms with Gasteiger partial charge in [-0.05, 0) is 49.2 Å². The van der Waals surface area contributed by atoms with Gasteiger partial charge in [0.05, 0.1) is 28.9 Å². The minimum absolute atomic E-state index is 0.217. The first-order valence-corrected chi connectivity index (χ1v) is 10.6. The lowest BCUT2D eigenvalue weighted by Gasteiger charge is -2.14. The Morgan fingerprint density at radius 2 is 1.96 bits per heavy atom. The molecule has 0 bridgehead atoms. The maximum Gasteiger partial charge on any atom is 0.262 e. The molecule has 0 saturated carbocycles. The van der Waals surface area contributed by atoms with Crippen LogP contribution in [0.25, 0.3) is 0 Å². The molecule has 0 unspecified atom stereocenters. The van der Waals surface area contributed by atoms with Gasteiger partial charge in [0, 0.05) is 11.4 Å². The fourth-order valence-electron chi connectivity index (χ4n) is 2.60. The molecule has 0 fully saturated rings. The summed E-state index contributed by atoms with van der Waals surface area (Å²) in [4.78, 5) is 4.37. The number of ether oxygens (including phenoxy) is 2. The SMILES string of the molecule is COc1cc(C)c(S(=O)(=O)Nc2cccc(OCc3cscn3)c2)cc1C. The Morgan fingerprint density at radius 3 is 2.67 bits per heavy atom. The smallest absolute Gasteiger partial charge is 0.262 e. The summed E-state index contributed by atoms with van der Waals surface area (Å²) in [5.74, 6) is 1.22. The molecule has 1 N–H and O–H groups in total. The fraction of sp³-hybridized carbons (Fsp3) is 0.211. The first-order chi connectivity index (χ1) is 12.9. The molecule has 8 heteroatoms. The van der Waals surface area contributed by atoms with Gasteiger partial charge >= 0.3 is 0 Å². The highest BCUT2D eigenvalue weighted by Crippen LogP contribution is 2.28. The Bertz CT molecular complexity index is 1030. The lowest BCUT2D eigenvalue weighted by atomic mass is 10.1. The Hall–Kier alpha value is -2.58. The molecule has 0 aliphatic carbocycles. The molecule has 27 heavy (non-hydrogen) atoms. The molecule has 0 atom stereocenters. The highest BCUT2D eigenvalue weighted by atomic mass is 32.2. The highest BCUT2D eigenvalue weighted by Gasteiger charge is 2.19. The zero-order valence-electron chi connectivity index (χ0n) is 15.2. The van der Waals surface area contributed by atoms with Gasteiger partial charge in [0.25, 0.3) is 10.0 Å². The van der Waals surface area contributed by atoms with Crippen LogP contribution in [0.3, 0.4) is 0 Å². The molecule has 3 rings (SSSR count). The average Bonchev–Trinajstić information content (AvgIpc) is 3.15. The zero-order chi connectivity index (χ0) is 19.4. The summed E-state index contributed by atoms with van der Waals surface area (Å²) in [6, 6.07) is 10.2. The average molecular weight is 405 g/mol. The summed E-state index contributed by atoms with van der Waals surface area (Å²) in [5, 5.41) is 1.90. The van der Waals surface area contributed by atoms with Crippen LogP contribution in [-0.2, 0) is 16.6 Å². The van der Waals surface area contributed by atoms with Gasteiger partial charge < -0.3 is 9.47 Å². The number of aryl methyl sites for hydroxylation is 2. The maximum absolute atomic E-state index is 12.8. The number of hydrogen-bond donors (Lipinski definition) is 1. The summed E-state index contributed by atoms with van der Waals surface area (Å²) in [5.41, 5.74) is 4.36. The van der Waals surface area contributed by atoms with E-state index in [9.17, 15) is 8.42 Å². The number of methoxy groups -OCH3 is 1. The largest absolute Gasteiger partial charge is 0.496 e. The minimum atomic E-state index is -3.74. The van der Waals surface area contributed by atoms with Crippen molar-refractivity contribution >= 4 is 27.0 Å². The summed E-state index contributed by atoms with van der Waals surface area (Å²) in [7, 11) is -2.18. The zero-order valence-corrected chi connectivity index (χ0v) is 16.9. The van der Waals surface area contributed by atoms with E-state index in [0.29, 0.717) is 29.4 Å². The molecule has 0 aliphatic rings. The van der Waals surface area contributed by atoms with Crippen molar-refractivity contribution in [2.45, 2.75) is 25.3 Å². The quantitative estimate of drug-likeness (QED) is 0.640. The van der Waals surface area contributed by atoms with Crippen molar-refractivity contribution in [2.75, 3.05) is 11.8 Å². The predicted molar refractivity (Wildman–Crippen MR) is 106 cm³/mol. The third-order valence-corrected chi connectivity index (χ3v) is 6.10. The number of aromatic nitrogens is 1. The molecule has 0 spiro atoms. The van der Waals surface area contributed by atoms with Gasteiger partial charge in [-0.2, -0.15) is 0 Å². The van der Waals surface area contributed by atoms with Crippen molar-refractivity contribution in [3.8, 4) is 11.5 Å². The summed E-state index contributed by atoms with van der Waals surface area (Å²) in [6.07, 6.45) is 0. The van der Waals surface area contributed by atoms with Crippen LogP contribution in [0.5, 0.6) is 11.5 Å². The number of benzene rings is 2. The third kappa shape index (κ3) is 4.58. The predicted octanol–water partition coefficient (Wildman–Crippen LogP) is 4.15. The molecule has 0 saturated heterocycles. The summed E-state index contributed by atoms with van der Waals surface area (Å²) >= 11 is 1.50. The van der Waals surface area contributed by atoms with E-state index < -0.39 is 10.0 Å². The van der Waals surface area contributed by atoms with E-state index in [4.69, 9.17) is 9.47 Å². The Balaban J connectivity index is 1.80. The molecule has 1 heterocycles. The number of anilines is 1. The van der Waals surface area contributed by atoms with Gasteiger partial charge in [-0.25, -0.2) is 13.4 Å². The van der Waals surface area contributed by atoms with Crippen LogP contribution in [0.1, 0.15) is 16.8 Å². The fourth-order valence-corrected chi connectivity index (χ4v) is 4.50. The molecular formula is C19H20N2O4S2. The number of sulfonamides is 1. The van der Waals surface area contributed by atoms with E-state index in [-0.39, 0.29) is 4.90 Å². The van der Waals surface area contributed by atoms with Crippen LogP contribution >= 0.6 is 11.3 Å². The number of thiazole rings is 1. The standard InChI is InChI=1S/C19H20N2O4S2/c1-13-8-19(14(2)7-18(13)24-3)27(22,23)21-15-5-4-6-17(9-15)25-10-16-11-26-12-20-16/h4-9,11-12,21H,10H2,1-3H3. The first-order valence-electron chi connectivity index (χ1n) is 8.17. The molecule has 0 radical (unpaired) electrons. The van der Waals surface area contributed by atoms with E-state index >= 15 is 0 Å². The van der Waals surface area contributed by atoms with E-state index in [1.54, 1.807) is 55.9 Å². The lowest BCUT2D eigenvalue weighted by molar-refractivity contribution is 0.302. The monoisotopic (exact) mass is 404 g/mol. The normalized spacial score (nSPS) is 11.2. The number of rotatable bonds is 7. The van der Waals surface area contributed by atoms with Crippen LogP contribution in [-0.4, -0.2) is 20.5 Å². The van der Waals surface area contributed by atoms with E-state index in [0.717, 1.165) is 11.3 Å². The maximum atomic E-state index is 12.8. The van der Waals surface area contributed by atoms with Crippen molar-refractivity contribution in [1.29, 1.82) is 0 Å². The van der Waals surface area contributed by atoms with Crippen molar-refractivity contribution in [2.24, 2.45) is 0 Å². The van der Waals surface area contributed by atoms with Gasteiger partial charge in [-0.3, -0.25) is 4.72 Å².